The van der Waals surface area contributed by atoms with Crippen LogP contribution in [0.3, 0.4) is 0 Å². The molecule has 4 aliphatic carbocycles. The van der Waals surface area contributed by atoms with Gasteiger partial charge >= 0.3 is 0 Å². The molecule has 0 N–H and O–H groups in total. The molecule has 4 aliphatic rings. The van der Waals surface area contributed by atoms with Gasteiger partial charge in [-0.05, 0) is 86.4 Å². The van der Waals surface area contributed by atoms with Crippen molar-refractivity contribution in [3.8, 4) is 0 Å². The molecule has 0 aromatic carbocycles. The Balaban J connectivity index is 1.45. The highest BCUT2D eigenvalue weighted by Crippen LogP contribution is 2.59. The maximum Gasteiger partial charge on any atom is -0.0210 e. The van der Waals surface area contributed by atoms with Gasteiger partial charge in [0.25, 0.3) is 0 Å². The van der Waals surface area contributed by atoms with E-state index < -0.39 is 0 Å². The lowest BCUT2D eigenvalue weighted by atomic mass is 9.65. The van der Waals surface area contributed by atoms with Crippen molar-refractivity contribution in [3.63, 3.8) is 0 Å². The summed E-state index contributed by atoms with van der Waals surface area (Å²) in [6.07, 6.45) is 18.4. The van der Waals surface area contributed by atoms with Crippen molar-refractivity contribution in [2.75, 3.05) is 0 Å². The van der Waals surface area contributed by atoms with Crippen molar-refractivity contribution < 1.29 is 0 Å². The number of rotatable bonds is 1. The van der Waals surface area contributed by atoms with Gasteiger partial charge in [0.15, 0.2) is 0 Å². The zero-order chi connectivity index (χ0) is 13.5. The van der Waals surface area contributed by atoms with Gasteiger partial charge in [-0.3, -0.25) is 0 Å². The summed E-state index contributed by atoms with van der Waals surface area (Å²) in [6, 6.07) is 0. The molecule has 6 atom stereocenters. The van der Waals surface area contributed by atoms with Gasteiger partial charge in [-0.15, -0.1) is 0 Å². The Morgan fingerprint density at radius 2 is 1.35 bits per heavy atom. The van der Waals surface area contributed by atoms with E-state index in [9.17, 15) is 0 Å². The average Bonchev–Trinajstić information content (AvgIpc) is 2.81. The Morgan fingerprint density at radius 3 is 2.15 bits per heavy atom. The first kappa shape index (κ1) is 13.6. The number of fused-ring (bicyclic) bond motifs is 3. The predicted molar refractivity (Wildman–Crippen MR) is 85.3 cm³/mol. The van der Waals surface area contributed by atoms with E-state index in [0.717, 1.165) is 35.5 Å². The summed E-state index contributed by atoms with van der Waals surface area (Å²) in [4.78, 5) is 0. The van der Waals surface area contributed by atoms with Crippen LogP contribution in [0.25, 0.3) is 0 Å². The van der Waals surface area contributed by atoms with Crippen molar-refractivity contribution in [3.05, 3.63) is 5.92 Å². The van der Waals surface area contributed by atoms with Crippen LogP contribution in [0.1, 0.15) is 84.0 Å². The molecule has 4 rings (SSSR count). The predicted octanol–water partition coefficient (Wildman–Crippen LogP) is 6.01. The molecule has 0 aromatic heterocycles. The van der Waals surface area contributed by atoms with Gasteiger partial charge in [0.1, 0.15) is 0 Å². The topological polar surface area (TPSA) is 0 Å². The smallest absolute Gasteiger partial charge is 0.0210 e. The Morgan fingerprint density at radius 1 is 0.650 bits per heavy atom. The molecule has 4 fully saturated rings. The van der Waals surface area contributed by atoms with Gasteiger partial charge in [-0.2, -0.15) is 0 Å². The molecular weight excluding hydrogens is 240 g/mol. The summed E-state index contributed by atoms with van der Waals surface area (Å²) in [5.41, 5.74) is 0. The molecule has 113 valence electrons. The second kappa shape index (κ2) is 5.65. The highest BCUT2D eigenvalue weighted by Gasteiger charge is 2.51. The summed E-state index contributed by atoms with van der Waals surface area (Å²) >= 11 is 0. The van der Waals surface area contributed by atoms with Crippen LogP contribution in [0.4, 0.5) is 0 Å². The van der Waals surface area contributed by atoms with Gasteiger partial charge in [0.05, 0.1) is 0 Å². The van der Waals surface area contributed by atoms with Crippen LogP contribution in [0.2, 0.25) is 0 Å². The third-order valence-electron chi connectivity index (χ3n) is 7.80. The third-order valence-corrected chi connectivity index (χ3v) is 7.80. The fourth-order valence-corrected chi connectivity index (χ4v) is 6.84. The van der Waals surface area contributed by atoms with Crippen molar-refractivity contribution in [2.45, 2.75) is 84.0 Å². The second-order valence-electron chi connectivity index (χ2n) is 8.53. The SMILES string of the molecule is CC1C2CCCCC2C2CCC([C]3CCCCC3)CC12. The summed E-state index contributed by atoms with van der Waals surface area (Å²) in [7, 11) is 0. The van der Waals surface area contributed by atoms with Crippen LogP contribution in [0.15, 0.2) is 0 Å². The lowest BCUT2D eigenvalue weighted by Gasteiger charge is -2.40. The van der Waals surface area contributed by atoms with E-state index >= 15 is 0 Å². The monoisotopic (exact) mass is 273 g/mol. The Hall–Kier alpha value is 0. The standard InChI is InChI=1S/C20H33/c1-14-17-9-5-6-10-18(17)19-12-11-16(13-20(14)19)15-7-3-2-4-8-15/h14,16-20H,2-13H2,1H3. The average molecular weight is 273 g/mol. The third kappa shape index (κ3) is 2.26. The quantitative estimate of drug-likeness (QED) is 0.548. The maximum atomic E-state index is 2.63. The van der Waals surface area contributed by atoms with Crippen LogP contribution in [-0.2, 0) is 0 Å². The molecular formula is C20H33. The van der Waals surface area contributed by atoms with Crippen LogP contribution in [0.5, 0.6) is 0 Å². The fraction of sp³-hybridized carbons (Fsp3) is 0.950. The van der Waals surface area contributed by atoms with Crippen LogP contribution in [0, 0.1) is 41.4 Å². The molecule has 0 bridgehead atoms. The number of hydrogen-bond donors (Lipinski definition) is 0. The lowest BCUT2D eigenvalue weighted by molar-refractivity contribution is 0.147. The van der Waals surface area contributed by atoms with Gasteiger partial charge < -0.3 is 0 Å². The maximum absolute atomic E-state index is 2.63. The van der Waals surface area contributed by atoms with Gasteiger partial charge in [0.2, 0.25) is 0 Å². The Kier molecular flexibility index (Phi) is 3.86. The van der Waals surface area contributed by atoms with E-state index in [-0.39, 0.29) is 0 Å². The highest BCUT2D eigenvalue weighted by atomic mass is 14.6. The van der Waals surface area contributed by atoms with Crippen molar-refractivity contribution in [1.82, 2.24) is 0 Å². The zero-order valence-electron chi connectivity index (χ0n) is 13.4. The molecule has 0 nitrogen and oxygen atoms in total. The molecule has 20 heavy (non-hydrogen) atoms. The fourth-order valence-electron chi connectivity index (χ4n) is 6.84. The minimum Gasteiger partial charge on any atom is -0.0620 e. The molecule has 0 aliphatic heterocycles. The van der Waals surface area contributed by atoms with E-state index in [4.69, 9.17) is 0 Å². The zero-order valence-corrected chi connectivity index (χ0v) is 13.4. The lowest BCUT2D eigenvalue weighted by Crippen LogP contribution is -2.30. The van der Waals surface area contributed by atoms with Crippen molar-refractivity contribution in [2.24, 2.45) is 35.5 Å². The molecule has 4 saturated carbocycles. The second-order valence-corrected chi connectivity index (χ2v) is 8.53. The van der Waals surface area contributed by atoms with Crippen LogP contribution in [-0.4, -0.2) is 0 Å². The van der Waals surface area contributed by atoms with E-state index in [1.165, 1.54) is 44.9 Å². The van der Waals surface area contributed by atoms with Crippen LogP contribution >= 0.6 is 0 Å². The van der Waals surface area contributed by atoms with E-state index in [1.54, 1.807) is 32.1 Å². The van der Waals surface area contributed by atoms with Gasteiger partial charge in [0, 0.05) is 0 Å². The molecule has 1 radical (unpaired) electrons. The first-order chi connectivity index (χ1) is 9.84. The van der Waals surface area contributed by atoms with E-state index in [1.807, 2.05) is 5.92 Å². The minimum atomic E-state index is 1.04. The van der Waals surface area contributed by atoms with E-state index in [0.29, 0.717) is 0 Å². The normalized spacial score (nSPS) is 49.6. The Labute approximate surface area is 126 Å². The summed E-state index contributed by atoms with van der Waals surface area (Å²) in [5, 5.41) is 0. The summed E-state index contributed by atoms with van der Waals surface area (Å²) in [5.74, 6) is 8.59. The molecule has 0 aromatic rings. The summed E-state index contributed by atoms with van der Waals surface area (Å²) < 4.78 is 0. The molecule has 0 spiro atoms. The first-order valence-electron chi connectivity index (χ1n) is 9.69. The van der Waals surface area contributed by atoms with Gasteiger partial charge in [-0.25, -0.2) is 0 Å². The molecule has 0 heteroatoms. The largest absolute Gasteiger partial charge is 0.0620 e. The van der Waals surface area contributed by atoms with Gasteiger partial charge in [-0.1, -0.05) is 39.0 Å². The molecule has 6 unspecified atom stereocenters. The molecule has 0 saturated heterocycles. The Bertz CT molecular complexity index is 327. The summed E-state index contributed by atoms with van der Waals surface area (Å²) in [6.45, 7) is 2.63. The minimum absolute atomic E-state index is 1.04. The molecule has 0 heterocycles. The van der Waals surface area contributed by atoms with Crippen molar-refractivity contribution in [1.29, 1.82) is 0 Å². The molecule has 0 amide bonds. The van der Waals surface area contributed by atoms with Crippen LogP contribution < -0.4 is 0 Å². The van der Waals surface area contributed by atoms with E-state index in [2.05, 4.69) is 6.92 Å². The number of hydrogen-bond acceptors (Lipinski definition) is 0. The first-order valence-corrected chi connectivity index (χ1v) is 9.69. The van der Waals surface area contributed by atoms with Crippen molar-refractivity contribution >= 4 is 0 Å². The highest BCUT2D eigenvalue weighted by molar-refractivity contribution is 5.06.